The Labute approximate surface area is 111 Å². The van der Waals surface area contributed by atoms with Gasteiger partial charge in [0.1, 0.15) is 11.6 Å². The monoisotopic (exact) mass is 278 g/mol. The van der Waals surface area contributed by atoms with E-state index in [0.717, 1.165) is 18.2 Å². The van der Waals surface area contributed by atoms with Crippen molar-refractivity contribution in [3.05, 3.63) is 35.4 Å². The predicted molar refractivity (Wildman–Crippen MR) is 68.6 cm³/mol. The molecular weight excluding hydrogens is 262 g/mol. The summed E-state index contributed by atoms with van der Waals surface area (Å²) in [4.78, 5) is 11.3. The van der Waals surface area contributed by atoms with E-state index >= 15 is 0 Å². The molecule has 3 nitrogen and oxygen atoms in total. The van der Waals surface area contributed by atoms with Crippen LogP contribution in [0.1, 0.15) is 18.4 Å². The molecule has 0 aromatic heterocycles. The summed E-state index contributed by atoms with van der Waals surface area (Å²) < 4.78 is 26.1. The molecule has 0 saturated heterocycles. The van der Waals surface area contributed by atoms with Crippen molar-refractivity contribution in [1.29, 1.82) is 0 Å². The van der Waals surface area contributed by atoms with E-state index in [1.165, 1.54) is 0 Å². The van der Waals surface area contributed by atoms with Crippen LogP contribution in [0, 0.1) is 11.6 Å². The van der Waals surface area contributed by atoms with Crippen LogP contribution in [0.4, 0.5) is 8.78 Å². The highest BCUT2D eigenvalue weighted by Crippen LogP contribution is 2.11. The molecule has 1 amide bonds. The Morgan fingerprint density at radius 3 is 2.72 bits per heavy atom. The van der Waals surface area contributed by atoms with Gasteiger partial charge in [-0.2, -0.15) is 0 Å². The summed E-state index contributed by atoms with van der Waals surface area (Å²) in [5, 5.41) is 2.65. The van der Waals surface area contributed by atoms with Gasteiger partial charge in [-0.3, -0.25) is 4.79 Å². The maximum atomic E-state index is 13.2. The fraction of sp³-hybridized carbons (Fsp3) is 0.417. The SMILES string of the molecule is Cl.NCCCNC(=O)CCc1cc(F)ccc1F. The van der Waals surface area contributed by atoms with Gasteiger partial charge in [-0.05, 0) is 43.1 Å². The quantitative estimate of drug-likeness (QED) is 0.780. The Morgan fingerprint density at radius 2 is 2.06 bits per heavy atom. The van der Waals surface area contributed by atoms with Crippen LogP contribution in [0.5, 0.6) is 0 Å². The Morgan fingerprint density at radius 1 is 1.33 bits per heavy atom. The first kappa shape index (κ1) is 16.8. The predicted octanol–water partition coefficient (Wildman–Crippen LogP) is 1.78. The molecule has 0 aliphatic heterocycles. The lowest BCUT2D eigenvalue weighted by atomic mass is 10.1. The number of benzene rings is 1. The Kier molecular flexibility index (Phi) is 8.24. The lowest BCUT2D eigenvalue weighted by Crippen LogP contribution is -2.26. The number of aryl methyl sites for hydroxylation is 1. The molecule has 1 aromatic carbocycles. The summed E-state index contributed by atoms with van der Waals surface area (Å²) >= 11 is 0. The van der Waals surface area contributed by atoms with Gasteiger partial charge in [0, 0.05) is 13.0 Å². The maximum Gasteiger partial charge on any atom is 0.220 e. The van der Waals surface area contributed by atoms with Crippen molar-refractivity contribution in [2.45, 2.75) is 19.3 Å². The normalized spacial score (nSPS) is 9.72. The summed E-state index contributed by atoms with van der Waals surface area (Å²) in [6.07, 6.45) is 1.04. The molecule has 6 heteroatoms. The molecule has 0 aliphatic rings. The minimum Gasteiger partial charge on any atom is -0.356 e. The fourth-order valence-corrected chi connectivity index (χ4v) is 1.40. The van der Waals surface area contributed by atoms with Gasteiger partial charge in [-0.25, -0.2) is 8.78 Å². The zero-order valence-corrected chi connectivity index (χ0v) is 10.7. The van der Waals surface area contributed by atoms with Gasteiger partial charge in [0.25, 0.3) is 0 Å². The van der Waals surface area contributed by atoms with Crippen molar-refractivity contribution in [1.82, 2.24) is 5.32 Å². The fourth-order valence-electron chi connectivity index (χ4n) is 1.40. The second-order valence-electron chi connectivity index (χ2n) is 3.73. The zero-order chi connectivity index (χ0) is 12.7. The summed E-state index contributed by atoms with van der Waals surface area (Å²) in [6, 6.07) is 3.24. The molecule has 0 radical (unpaired) electrons. The molecule has 0 aliphatic carbocycles. The third kappa shape index (κ3) is 5.93. The minimum absolute atomic E-state index is 0. The summed E-state index contributed by atoms with van der Waals surface area (Å²) in [7, 11) is 0. The van der Waals surface area contributed by atoms with Gasteiger partial charge >= 0.3 is 0 Å². The average molecular weight is 279 g/mol. The third-order valence-corrected chi connectivity index (χ3v) is 2.33. The van der Waals surface area contributed by atoms with E-state index in [1.807, 2.05) is 0 Å². The van der Waals surface area contributed by atoms with E-state index in [4.69, 9.17) is 5.73 Å². The molecule has 102 valence electrons. The Hall–Kier alpha value is -1.20. The van der Waals surface area contributed by atoms with Crippen LogP contribution >= 0.6 is 12.4 Å². The second-order valence-corrected chi connectivity index (χ2v) is 3.73. The van der Waals surface area contributed by atoms with Crippen LogP contribution in [-0.2, 0) is 11.2 Å². The van der Waals surface area contributed by atoms with Gasteiger partial charge in [-0.15, -0.1) is 12.4 Å². The molecular formula is C12H17ClF2N2O. The van der Waals surface area contributed by atoms with E-state index in [0.29, 0.717) is 19.5 Å². The van der Waals surface area contributed by atoms with Crippen LogP contribution in [0.3, 0.4) is 0 Å². The smallest absolute Gasteiger partial charge is 0.220 e. The van der Waals surface area contributed by atoms with Crippen molar-refractivity contribution < 1.29 is 13.6 Å². The summed E-state index contributed by atoms with van der Waals surface area (Å²) in [5.74, 6) is -1.16. The molecule has 18 heavy (non-hydrogen) atoms. The van der Waals surface area contributed by atoms with E-state index in [-0.39, 0.29) is 36.7 Å². The number of carbonyl (C=O) groups is 1. The lowest BCUT2D eigenvalue weighted by molar-refractivity contribution is -0.121. The van der Waals surface area contributed by atoms with E-state index in [9.17, 15) is 13.6 Å². The van der Waals surface area contributed by atoms with Crippen LogP contribution in [-0.4, -0.2) is 19.0 Å². The Bertz CT molecular complexity index is 388. The average Bonchev–Trinajstić information content (AvgIpc) is 2.31. The molecule has 3 N–H and O–H groups in total. The highest BCUT2D eigenvalue weighted by molar-refractivity contribution is 5.85. The van der Waals surface area contributed by atoms with Crippen LogP contribution in [0.15, 0.2) is 18.2 Å². The van der Waals surface area contributed by atoms with Crippen LogP contribution in [0.2, 0.25) is 0 Å². The van der Waals surface area contributed by atoms with E-state index in [2.05, 4.69) is 5.32 Å². The number of hydrogen-bond donors (Lipinski definition) is 2. The Balaban J connectivity index is 0.00000289. The maximum absolute atomic E-state index is 13.2. The first-order valence-electron chi connectivity index (χ1n) is 5.54. The lowest BCUT2D eigenvalue weighted by Gasteiger charge is -2.05. The van der Waals surface area contributed by atoms with Gasteiger partial charge < -0.3 is 11.1 Å². The second kappa shape index (κ2) is 8.83. The molecule has 0 heterocycles. The molecule has 0 saturated carbocycles. The van der Waals surface area contributed by atoms with E-state index < -0.39 is 11.6 Å². The molecule has 0 bridgehead atoms. The first-order valence-corrected chi connectivity index (χ1v) is 5.54. The molecule has 1 rings (SSSR count). The number of hydrogen-bond acceptors (Lipinski definition) is 2. The molecule has 0 fully saturated rings. The largest absolute Gasteiger partial charge is 0.356 e. The zero-order valence-electron chi connectivity index (χ0n) is 9.92. The molecule has 0 spiro atoms. The minimum atomic E-state index is -0.495. The van der Waals surface area contributed by atoms with Crippen molar-refractivity contribution in [2.24, 2.45) is 5.73 Å². The first-order chi connectivity index (χ1) is 8.13. The number of nitrogens with two attached hydrogens (primary N) is 1. The van der Waals surface area contributed by atoms with Crippen LogP contribution in [0.25, 0.3) is 0 Å². The summed E-state index contributed by atoms with van der Waals surface area (Å²) in [5.41, 5.74) is 5.49. The number of nitrogens with one attached hydrogen (secondary N) is 1. The van der Waals surface area contributed by atoms with Gasteiger partial charge in [0.05, 0.1) is 0 Å². The number of amides is 1. The molecule has 1 aromatic rings. The topological polar surface area (TPSA) is 55.1 Å². The van der Waals surface area contributed by atoms with Crippen molar-refractivity contribution in [3.63, 3.8) is 0 Å². The third-order valence-electron chi connectivity index (χ3n) is 2.33. The van der Waals surface area contributed by atoms with Crippen LogP contribution < -0.4 is 11.1 Å². The highest BCUT2D eigenvalue weighted by atomic mass is 35.5. The molecule has 0 atom stereocenters. The van der Waals surface area contributed by atoms with Gasteiger partial charge in [-0.1, -0.05) is 0 Å². The van der Waals surface area contributed by atoms with Crippen molar-refractivity contribution >= 4 is 18.3 Å². The highest BCUT2D eigenvalue weighted by Gasteiger charge is 2.06. The van der Waals surface area contributed by atoms with Crippen molar-refractivity contribution in [2.75, 3.05) is 13.1 Å². The van der Waals surface area contributed by atoms with E-state index in [1.54, 1.807) is 0 Å². The number of halogens is 3. The number of rotatable bonds is 6. The van der Waals surface area contributed by atoms with Gasteiger partial charge in [0.2, 0.25) is 5.91 Å². The van der Waals surface area contributed by atoms with Gasteiger partial charge in [0.15, 0.2) is 0 Å². The molecule has 0 unspecified atom stereocenters. The summed E-state index contributed by atoms with van der Waals surface area (Å²) in [6.45, 7) is 1.03. The van der Waals surface area contributed by atoms with Crippen molar-refractivity contribution in [3.8, 4) is 0 Å². The number of carbonyl (C=O) groups excluding carboxylic acids is 1. The standard InChI is InChI=1S/C12H16F2N2O.ClH/c13-10-3-4-11(14)9(8-10)2-5-12(17)16-7-1-6-15;/h3-4,8H,1-2,5-7,15H2,(H,16,17);1H.